The summed E-state index contributed by atoms with van der Waals surface area (Å²) in [5, 5.41) is 9.04. The molecule has 6 heteroatoms. The predicted octanol–water partition coefficient (Wildman–Crippen LogP) is 0.931. The molecule has 3 aliphatic rings. The lowest BCUT2D eigenvalue weighted by Crippen LogP contribution is -2.57. The topological polar surface area (TPSA) is 73.2 Å². The van der Waals surface area contributed by atoms with Crippen molar-refractivity contribution >= 4 is 10.0 Å². The van der Waals surface area contributed by atoms with Gasteiger partial charge < -0.3 is 4.90 Å². The second-order valence-electron chi connectivity index (χ2n) is 5.47. The number of hydrogen-bond acceptors (Lipinski definition) is 4. The number of piperidine rings is 3. The summed E-state index contributed by atoms with van der Waals surface area (Å²) in [6, 6.07) is 8.25. The molecule has 1 aromatic carbocycles. The maximum atomic E-state index is 12.5. The highest BCUT2D eigenvalue weighted by Gasteiger charge is 2.36. The van der Waals surface area contributed by atoms with E-state index >= 15 is 0 Å². The zero-order valence-electron chi connectivity index (χ0n) is 11.1. The van der Waals surface area contributed by atoms with E-state index in [0.717, 1.165) is 32.5 Å². The van der Waals surface area contributed by atoms with Gasteiger partial charge in [-0.3, -0.25) is 0 Å². The van der Waals surface area contributed by atoms with Gasteiger partial charge in [0.2, 0.25) is 10.0 Å². The summed E-state index contributed by atoms with van der Waals surface area (Å²) in [6.45, 7) is 2.91. The van der Waals surface area contributed by atoms with Crippen LogP contribution in [0.4, 0.5) is 0 Å². The fourth-order valence-corrected chi connectivity index (χ4v) is 4.61. The average Bonchev–Trinajstić information content (AvgIpc) is 2.48. The van der Waals surface area contributed by atoms with Crippen molar-refractivity contribution in [2.24, 2.45) is 5.92 Å². The van der Waals surface area contributed by atoms with Crippen molar-refractivity contribution in [3.8, 4) is 6.07 Å². The molecule has 3 aliphatic heterocycles. The molecule has 3 heterocycles. The first-order chi connectivity index (χ1) is 9.60. The van der Waals surface area contributed by atoms with E-state index in [9.17, 15) is 8.42 Å². The fourth-order valence-electron chi connectivity index (χ4n) is 3.15. The Morgan fingerprint density at radius 2 is 1.95 bits per heavy atom. The number of rotatable bonds is 3. The zero-order chi connectivity index (χ0) is 14.2. The number of fused-ring (bicyclic) bond motifs is 3. The van der Waals surface area contributed by atoms with Gasteiger partial charge in [0, 0.05) is 12.6 Å². The van der Waals surface area contributed by atoms with Crippen LogP contribution in [0.25, 0.3) is 0 Å². The van der Waals surface area contributed by atoms with Gasteiger partial charge >= 0.3 is 0 Å². The minimum absolute atomic E-state index is 0.0331. The van der Waals surface area contributed by atoms with Gasteiger partial charge in [-0.15, -0.1) is 0 Å². The van der Waals surface area contributed by atoms with Crippen LogP contribution in [0, 0.1) is 17.2 Å². The second-order valence-corrected chi connectivity index (χ2v) is 7.16. The zero-order valence-corrected chi connectivity index (χ0v) is 11.9. The molecule has 1 atom stereocenters. The van der Waals surface area contributed by atoms with E-state index < -0.39 is 10.0 Å². The number of sulfonamides is 1. The van der Waals surface area contributed by atoms with Crippen molar-refractivity contribution in [2.75, 3.05) is 19.6 Å². The van der Waals surface area contributed by atoms with E-state index in [0.29, 0.717) is 5.92 Å². The van der Waals surface area contributed by atoms with Gasteiger partial charge in [0.05, 0.1) is 10.5 Å². The maximum Gasteiger partial charge on any atom is 0.242 e. The van der Waals surface area contributed by atoms with Gasteiger partial charge in [-0.05, 0) is 44.0 Å². The van der Waals surface area contributed by atoms with Crippen molar-refractivity contribution < 1.29 is 8.42 Å². The first-order valence-corrected chi connectivity index (χ1v) is 8.32. The molecular formula is C14H17N3O2S. The Morgan fingerprint density at radius 1 is 1.25 bits per heavy atom. The third-order valence-corrected chi connectivity index (χ3v) is 5.81. The van der Waals surface area contributed by atoms with E-state index in [1.807, 2.05) is 6.07 Å². The van der Waals surface area contributed by atoms with Crippen molar-refractivity contribution in [1.82, 2.24) is 9.62 Å². The van der Waals surface area contributed by atoms with Gasteiger partial charge in [-0.1, -0.05) is 12.1 Å². The van der Waals surface area contributed by atoms with E-state index in [2.05, 4.69) is 9.62 Å². The van der Waals surface area contributed by atoms with E-state index in [1.165, 1.54) is 12.1 Å². The highest BCUT2D eigenvalue weighted by Crippen LogP contribution is 2.28. The Hall–Kier alpha value is -1.42. The molecule has 0 spiro atoms. The third-order valence-electron chi connectivity index (χ3n) is 4.26. The summed E-state index contributed by atoms with van der Waals surface area (Å²) >= 11 is 0. The molecule has 5 nitrogen and oxygen atoms in total. The Bertz CT molecular complexity index is 643. The third kappa shape index (κ3) is 2.44. The summed E-state index contributed by atoms with van der Waals surface area (Å²) in [5.74, 6) is 0.420. The molecule has 3 saturated heterocycles. The van der Waals surface area contributed by atoms with Crippen LogP contribution in [-0.4, -0.2) is 39.0 Å². The fraction of sp³-hybridized carbons (Fsp3) is 0.500. The minimum atomic E-state index is -3.62. The Kier molecular flexibility index (Phi) is 3.50. The molecule has 1 N–H and O–H groups in total. The van der Waals surface area contributed by atoms with Crippen molar-refractivity contribution in [3.05, 3.63) is 29.8 Å². The number of nitrogens with one attached hydrogen (secondary N) is 1. The van der Waals surface area contributed by atoms with Crippen molar-refractivity contribution in [1.29, 1.82) is 5.26 Å². The van der Waals surface area contributed by atoms with E-state index in [-0.39, 0.29) is 16.5 Å². The SMILES string of the molecule is N#Cc1ccccc1S(=O)(=O)NC1CN2CCC1CC2. The largest absolute Gasteiger partial charge is 0.302 e. The van der Waals surface area contributed by atoms with Crippen LogP contribution in [0.2, 0.25) is 0 Å². The minimum Gasteiger partial charge on any atom is -0.302 e. The molecule has 3 fully saturated rings. The monoisotopic (exact) mass is 291 g/mol. The number of nitrogens with zero attached hydrogens (tertiary/aromatic N) is 2. The summed E-state index contributed by atoms with van der Waals surface area (Å²) in [4.78, 5) is 2.38. The first kappa shape index (κ1) is 13.6. The van der Waals surface area contributed by atoms with Crippen LogP contribution < -0.4 is 4.72 Å². The average molecular weight is 291 g/mol. The molecule has 0 radical (unpaired) electrons. The van der Waals surface area contributed by atoms with Crippen molar-refractivity contribution in [2.45, 2.75) is 23.8 Å². The summed E-state index contributed by atoms with van der Waals surface area (Å²) in [7, 11) is -3.62. The lowest BCUT2D eigenvalue weighted by molar-refractivity contribution is 0.0827. The Balaban J connectivity index is 1.84. The molecule has 0 amide bonds. The standard InChI is InChI=1S/C14H17N3O2S/c15-9-12-3-1-2-4-14(12)20(18,19)16-13-10-17-7-5-11(13)6-8-17/h1-4,11,13,16H,5-8,10H2. The van der Waals surface area contributed by atoms with Crippen molar-refractivity contribution in [3.63, 3.8) is 0 Å². The molecule has 1 unspecified atom stereocenters. The first-order valence-electron chi connectivity index (χ1n) is 6.84. The Morgan fingerprint density at radius 3 is 2.55 bits per heavy atom. The number of hydrogen-bond donors (Lipinski definition) is 1. The summed E-state index contributed by atoms with van der Waals surface area (Å²) in [6.07, 6.45) is 2.10. The molecule has 2 bridgehead atoms. The van der Waals surface area contributed by atoms with Crippen LogP contribution in [0.15, 0.2) is 29.2 Å². The van der Waals surface area contributed by atoms with Gasteiger partial charge in [0.25, 0.3) is 0 Å². The van der Waals surface area contributed by atoms with Crippen LogP contribution in [0.3, 0.4) is 0 Å². The van der Waals surface area contributed by atoms with Crippen LogP contribution in [0.1, 0.15) is 18.4 Å². The van der Waals surface area contributed by atoms with Gasteiger partial charge in [-0.2, -0.15) is 5.26 Å². The highest BCUT2D eigenvalue weighted by molar-refractivity contribution is 7.89. The molecule has 0 aliphatic carbocycles. The number of benzene rings is 1. The van der Waals surface area contributed by atoms with Crippen LogP contribution in [-0.2, 0) is 10.0 Å². The highest BCUT2D eigenvalue weighted by atomic mass is 32.2. The summed E-state index contributed by atoms with van der Waals surface area (Å²) < 4.78 is 27.7. The molecule has 0 aromatic heterocycles. The molecule has 4 rings (SSSR count). The molecule has 106 valence electrons. The molecule has 0 saturated carbocycles. The second kappa shape index (κ2) is 5.17. The molecule has 1 aromatic rings. The number of nitriles is 1. The summed E-state index contributed by atoms with van der Waals surface area (Å²) in [5.41, 5.74) is 0.196. The van der Waals surface area contributed by atoms with Gasteiger partial charge in [0.15, 0.2) is 0 Å². The predicted molar refractivity (Wildman–Crippen MR) is 74.4 cm³/mol. The van der Waals surface area contributed by atoms with Crippen LogP contribution in [0.5, 0.6) is 0 Å². The lowest BCUT2D eigenvalue weighted by atomic mass is 9.85. The van der Waals surface area contributed by atoms with Gasteiger partial charge in [0.1, 0.15) is 6.07 Å². The maximum absolute atomic E-state index is 12.5. The smallest absolute Gasteiger partial charge is 0.242 e. The van der Waals surface area contributed by atoms with E-state index in [4.69, 9.17) is 5.26 Å². The Labute approximate surface area is 119 Å². The molecule has 20 heavy (non-hydrogen) atoms. The normalized spacial score (nSPS) is 29.1. The van der Waals surface area contributed by atoms with E-state index in [1.54, 1.807) is 12.1 Å². The van der Waals surface area contributed by atoms with Crippen LogP contribution >= 0.6 is 0 Å². The molecular weight excluding hydrogens is 274 g/mol. The quantitative estimate of drug-likeness (QED) is 0.899. The van der Waals surface area contributed by atoms with Gasteiger partial charge in [-0.25, -0.2) is 13.1 Å². The lowest BCUT2D eigenvalue weighted by Gasteiger charge is -2.44.